The molecule has 0 atom stereocenters. The summed E-state index contributed by atoms with van der Waals surface area (Å²) in [6, 6.07) is 5.83. The van der Waals surface area contributed by atoms with E-state index in [9.17, 15) is 4.39 Å². The number of aromatic nitrogens is 3. The van der Waals surface area contributed by atoms with Gasteiger partial charge in [0, 0.05) is 25.6 Å². The summed E-state index contributed by atoms with van der Waals surface area (Å²) in [5.41, 5.74) is 1.52. The molecule has 30 heavy (non-hydrogen) atoms. The first-order valence-electron chi connectivity index (χ1n) is 10.9. The maximum atomic E-state index is 13.7. The van der Waals surface area contributed by atoms with Crippen LogP contribution in [-0.2, 0) is 13.0 Å². The first-order chi connectivity index (χ1) is 14.6. The van der Waals surface area contributed by atoms with Crippen LogP contribution < -0.4 is 10.6 Å². The average Bonchev–Trinajstić information content (AvgIpc) is 3.40. The number of guanidine groups is 1. The van der Waals surface area contributed by atoms with Gasteiger partial charge in [-0.1, -0.05) is 36.7 Å². The maximum absolute atomic E-state index is 13.7. The molecule has 1 fully saturated rings. The molecule has 3 rings (SSSR count). The molecule has 0 unspecified atom stereocenters. The molecule has 0 radical (unpaired) electrons. The minimum Gasteiger partial charge on any atom is -0.357 e. The minimum absolute atomic E-state index is 0.184. The molecule has 2 aromatic rings. The van der Waals surface area contributed by atoms with Crippen LogP contribution in [0.15, 0.2) is 28.3 Å². The highest BCUT2D eigenvalue weighted by Gasteiger charge is 2.23. The van der Waals surface area contributed by atoms with E-state index in [4.69, 9.17) is 0 Å². The Balaban J connectivity index is 1.53. The van der Waals surface area contributed by atoms with Crippen molar-refractivity contribution in [2.24, 2.45) is 4.99 Å². The molecule has 8 heteroatoms. The van der Waals surface area contributed by atoms with Gasteiger partial charge in [-0.15, -0.1) is 10.2 Å². The Morgan fingerprint density at radius 1 is 1.27 bits per heavy atom. The number of thioether (sulfide) groups is 1. The predicted molar refractivity (Wildman–Crippen MR) is 122 cm³/mol. The normalized spacial score (nSPS) is 15.0. The third-order valence-electron chi connectivity index (χ3n) is 5.48. The van der Waals surface area contributed by atoms with Crippen LogP contribution in [0.3, 0.4) is 0 Å². The molecule has 1 aromatic carbocycles. The SMILES string of the molecule is CCNC(=NCc1ccc(C)c(F)c1)NCCCc1nnc(SC)n1C1CCCC1. The second-order valence-electron chi connectivity index (χ2n) is 7.72. The van der Waals surface area contributed by atoms with E-state index in [0.717, 1.165) is 48.4 Å². The second kappa shape index (κ2) is 11.3. The Labute approximate surface area is 183 Å². The van der Waals surface area contributed by atoms with Crippen LogP contribution in [0, 0.1) is 12.7 Å². The smallest absolute Gasteiger partial charge is 0.191 e. The van der Waals surface area contributed by atoms with Crippen molar-refractivity contribution >= 4 is 17.7 Å². The van der Waals surface area contributed by atoms with E-state index in [1.807, 2.05) is 13.0 Å². The summed E-state index contributed by atoms with van der Waals surface area (Å²) < 4.78 is 16.1. The Morgan fingerprint density at radius 3 is 2.77 bits per heavy atom. The molecule has 1 aliphatic carbocycles. The number of aryl methyl sites for hydroxylation is 2. The van der Waals surface area contributed by atoms with E-state index in [1.165, 1.54) is 25.7 Å². The molecular weight excluding hydrogens is 399 g/mol. The van der Waals surface area contributed by atoms with Crippen LogP contribution in [0.25, 0.3) is 0 Å². The lowest BCUT2D eigenvalue weighted by Gasteiger charge is -2.16. The Morgan fingerprint density at radius 2 is 2.07 bits per heavy atom. The zero-order valence-electron chi connectivity index (χ0n) is 18.2. The zero-order valence-corrected chi connectivity index (χ0v) is 19.1. The number of nitrogens with zero attached hydrogens (tertiary/aromatic N) is 4. The molecule has 164 valence electrons. The van der Waals surface area contributed by atoms with E-state index in [1.54, 1.807) is 30.8 Å². The van der Waals surface area contributed by atoms with Crippen molar-refractivity contribution in [2.45, 2.75) is 70.1 Å². The summed E-state index contributed by atoms with van der Waals surface area (Å²) in [6.07, 6.45) is 8.96. The topological polar surface area (TPSA) is 67.1 Å². The number of rotatable bonds is 9. The summed E-state index contributed by atoms with van der Waals surface area (Å²) in [5, 5.41) is 16.5. The van der Waals surface area contributed by atoms with Gasteiger partial charge in [0.05, 0.1) is 6.54 Å². The summed E-state index contributed by atoms with van der Waals surface area (Å²) in [7, 11) is 0. The summed E-state index contributed by atoms with van der Waals surface area (Å²) in [4.78, 5) is 4.59. The summed E-state index contributed by atoms with van der Waals surface area (Å²) in [5.74, 6) is 1.65. The van der Waals surface area contributed by atoms with Crippen LogP contribution in [0.2, 0.25) is 0 Å². The quantitative estimate of drug-likeness (QED) is 0.268. The number of halogens is 1. The highest BCUT2D eigenvalue weighted by Crippen LogP contribution is 2.33. The fraction of sp³-hybridized carbons (Fsp3) is 0.591. The summed E-state index contributed by atoms with van der Waals surface area (Å²) in [6.45, 7) is 5.82. The van der Waals surface area contributed by atoms with Gasteiger partial charge in [0.25, 0.3) is 0 Å². The van der Waals surface area contributed by atoms with Gasteiger partial charge in [-0.2, -0.15) is 0 Å². The zero-order chi connectivity index (χ0) is 21.3. The van der Waals surface area contributed by atoms with E-state index in [2.05, 4.69) is 36.6 Å². The van der Waals surface area contributed by atoms with E-state index >= 15 is 0 Å². The molecule has 1 aliphatic rings. The van der Waals surface area contributed by atoms with Crippen molar-refractivity contribution in [3.8, 4) is 0 Å². The highest BCUT2D eigenvalue weighted by molar-refractivity contribution is 7.98. The van der Waals surface area contributed by atoms with Crippen molar-refractivity contribution in [1.29, 1.82) is 0 Å². The maximum Gasteiger partial charge on any atom is 0.191 e. The molecule has 1 heterocycles. The van der Waals surface area contributed by atoms with Crippen LogP contribution in [0.5, 0.6) is 0 Å². The third kappa shape index (κ3) is 5.97. The van der Waals surface area contributed by atoms with E-state index < -0.39 is 0 Å². The third-order valence-corrected chi connectivity index (χ3v) is 6.12. The van der Waals surface area contributed by atoms with Crippen LogP contribution in [0.1, 0.15) is 62.0 Å². The average molecular weight is 433 g/mol. The molecule has 0 aliphatic heterocycles. The number of hydrogen-bond acceptors (Lipinski definition) is 4. The van der Waals surface area contributed by atoms with Gasteiger partial charge in [-0.3, -0.25) is 0 Å². The number of aliphatic imine (C=N–C) groups is 1. The van der Waals surface area contributed by atoms with Gasteiger partial charge in [0.2, 0.25) is 0 Å². The van der Waals surface area contributed by atoms with Gasteiger partial charge in [0.1, 0.15) is 11.6 Å². The van der Waals surface area contributed by atoms with E-state index in [0.29, 0.717) is 18.2 Å². The molecule has 1 aromatic heterocycles. The van der Waals surface area contributed by atoms with Gasteiger partial charge in [0.15, 0.2) is 11.1 Å². The van der Waals surface area contributed by atoms with Gasteiger partial charge in [-0.25, -0.2) is 9.38 Å². The standard InChI is InChI=1S/C22H33FN6S/c1-4-24-21(26-15-17-12-11-16(2)19(23)14-17)25-13-7-10-20-27-28-22(30-3)29(20)18-8-5-6-9-18/h11-12,14,18H,4-10,13,15H2,1-3H3,(H2,24,25,26). The predicted octanol–water partition coefficient (Wildman–Crippen LogP) is 4.25. The largest absolute Gasteiger partial charge is 0.357 e. The van der Waals surface area contributed by atoms with Crippen molar-refractivity contribution in [2.75, 3.05) is 19.3 Å². The minimum atomic E-state index is -0.184. The molecule has 1 saturated carbocycles. The lowest BCUT2D eigenvalue weighted by Crippen LogP contribution is -2.38. The molecule has 0 bridgehead atoms. The van der Waals surface area contributed by atoms with Crippen LogP contribution in [-0.4, -0.2) is 40.1 Å². The Kier molecular flexibility index (Phi) is 8.54. The second-order valence-corrected chi connectivity index (χ2v) is 8.49. The number of nitrogens with one attached hydrogen (secondary N) is 2. The summed E-state index contributed by atoms with van der Waals surface area (Å²) >= 11 is 1.68. The van der Waals surface area contributed by atoms with Crippen LogP contribution >= 0.6 is 11.8 Å². The number of hydrogen-bond donors (Lipinski definition) is 2. The monoisotopic (exact) mass is 432 g/mol. The lowest BCUT2D eigenvalue weighted by atomic mass is 10.1. The van der Waals surface area contributed by atoms with Crippen LogP contribution in [0.4, 0.5) is 4.39 Å². The first kappa shape index (κ1) is 22.6. The Bertz CT molecular complexity index is 844. The van der Waals surface area contributed by atoms with Crippen molar-refractivity contribution in [3.63, 3.8) is 0 Å². The number of benzene rings is 1. The fourth-order valence-corrected chi connectivity index (χ4v) is 4.42. The van der Waals surface area contributed by atoms with Crippen molar-refractivity contribution in [1.82, 2.24) is 25.4 Å². The first-order valence-corrected chi connectivity index (χ1v) is 12.1. The van der Waals surface area contributed by atoms with Gasteiger partial charge >= 0.3 is 0 Å². The van der Waals surface area contributed by atoms with Gasteiger partial charge in [-0.05, 0) is 56.6 Å². The molecule has 6 nitrogen and oxygen atoms in total. The lowest BCUT2D eigenvalue weighted by molar-refractivity contribution is 0.460. The van der Waals surface area contributed by atoms with Crippen molar-refractivity contribution in [3.05, 3.63) is 41.0 Å². The van der Waals surface area contributed by atoms with Crippen molar-refractivity contribution < 1.29 is 4.39 Å². The molecular formula is C22H33FN6S. The molecule has 2 N–H and O–H groups in total. The highest BCUT2D eigenvalue weighted by atomic mass is 32.2. The van der Waals surface area contributed by atoms with E-state index in [-0.39, 0.29) is 5.82 Å². The Hall–Kier alpha value is -2.09. The molecule has 0 amide bonds. The molecule has 0 spiro atoms. The fourth-order valence-electron chi connectivity index (χ4n) is 3.85. The van der Waals surface area contributed by atoms with Gasteiger partial charge < -0.3 is 15.2 Å². The molecule has 0 saturated heterocycles.